The van der Waals surface area contributed by atoms with Crippen LogP contribution in [0.25, 0.3) is 0 Å². The predicted octanol–water partition coefficient (Wildman–Crippen LogP) is -0.0470. The average Bonchev–Trinajstić information content (AvgIpc) is 2.92. The summed E-state index contributed by atoms with van der Waals surface area (Å²) < 4.78 is 0. The van der Waals surface area contributed by atoms with Gasteiger partial charge in [0.2, 0.25) is 11.8 Å². The number of likely N-dealkylation sites (N-methyl/N-ethyl adjacent to an activating group) is 1. The Balaban J connectivity index is 1.38. The zero-order valence-corrected chi connectivity index (χ0v) is 15.4. The van der Waals surface area contributed by atoms with E-state index in [0.29, 0.717) is 30.6 Å². The number of carbonyl (C=O) groups excluding carboxylic acids is 4. The van der Waals surface area contributed by atoms with Gasteiger partial charge in [0.05, 0.1) is 17.7 Å². The number of nitrogens with one attached hydrogen (secondary N) is 1. The minimum atomic E-state index is -0.318. The van der Waals surface area contributed by atoms with Gasteiger partial charge in [-0.2, -0.15) is 0 Å². The molecule has 2 aliphatic rings. The third-order valence-electron chi connectivity index (χ3n) is 4.96. The zero-order chi connectivity index (χ0) is 19.4. The number of nitrogens with zero attached hydrogens (tertiary/aromatic N) is 3. The molecule has 4 amide bonds. The van der Waals surface area contributed by atoms with E-state index in [1.165, 1.54) is 4.90 Å². The summed E-state index contributed by atoms with van der Waals surface area (Å²) in [5, 5.41) is 2.62. The summed E-state index contributed by atoms with van der Waals surface area (Å²) in [6.07, 6.45) is 0.517. The molecule has 1 N–H and O–H groups in total. The molecule has 2 aliphatic heterocycles. The predicted molar refractivity (Wildman–Crippen MR) is 98.1 cm³/mol. The van der Waals surface area contributed by atoms with Gasteiger partial charge in [-0.15, -0.1) is 0 Å². The van der Waals surface area contributed by atoms with Crippen LogP contribution in [0.1, 0.15) is 33.6 Å². The molecule has 27 heavy (non-hydrogen) atoms. The van der Waals surface area contributed by atoms with Crippen LogP contribution in [0, 0.1) is 0 Å². The number of hydrogen-bond acceptors (Lipinski definition) is 5. The van der Waals surface area contributed by atoms with E-state index < -0.39 is 0 Å². The smallest absolute Gasteiger partial charge is 0.261 e. The van der Waals surface area contributed by atoms with Crippen molar-refractivity contribution in [3.8, 4) is 0 Å². The molecule has 0 saturated carbocycles. The molecule has 0 atom stereocenters. The Morgan fingerprint density at radius 1 is 1.00 bits per heavy atom. The van der Waals surface area contributed by atoms with Crippen LogP contribution in [-0.4, -0.2) is 84.6 Å². The van der Waals surface area contributed by atoms with Gasteiger partial charge in [-0.3, -0.25) is 24.1 Å². The van der Waals surface area contributed by atoms with Crippen molar-refractivity contribution in [2.24, 2.45) is 0 Å². The summed E-state index contributed by atoms with van der Waals surface area (Å²) in [6, 6.07) is 6.70. The van der Waals surface area contributed by atoms with Crippen molar-refractivity contribution < 1.29 is 19.2 Å². The Morgan fingerprint density at radius 2 is 1.59 bits per heavy atom. The SMILES string of the molecule is CN1CCN(C(=O)CNC(=O)CCCN2C(=O)c3ccccc3C2=O)CC1. The lowest BCUT2D eigenvalue weighted by Crippen LogP contribution is -2.50. The number of benzene rings is 1. The first-order valence-corrected chi connectivity index (χ1v) is 9.15. The number of amides is 4. The molecule has 0 unspecified atom stereocenters. The van der Waals surface area contributed by atoms with Crippen molar-refractivity contribution in [1.29, 1.82) is 0 Å². The van der Waals surface area contributed by atoms with Crippen LogP contribution in [0.4, 0.5) is 0 Å². The van der Waals surface area contributed by atoms with Crippen LogP contribution in [0.3, 0.4) is 0 Å². The third-order valence-corrected chi connectivity index (χ3v) is 4.96. The normalized spacial score (nSPS) is 17.2. The molecule has 8 heteroatoms. The summed E-state index contributed by atoms with van der Waals surface area (Å²) in [7, 11) is 2.01. The van der Waals surface area contributed by atoms with Crippen molar-refractivity contribution in [2.75, 3.05) is 46.3 Å². The number of fused-ring (bicyclic) bond motifs is 1. The number of rotatable bonds is 6. The van der Waals surface area contributed by atoms with Crippen LogP contribution in [0.15, 0.2) is 24.3 Å². The first-order chi connectivity index (χ1) is 13.0. The Bertz CT molecular complexity index is 721. The fraction of sp³-hybridized carbons (Fsp3) is 0.474. The number of hydrogen-bond donors (Lipinski definition) is 1. The van der Waals surface area contributed by atoms with E-state index in [9.17, 15) is 19.2 Å². The van der Waals surface area contributed by atoms with Gasteiger partial charge in [-0.1, -0.05) is 12.1 Å². The standard InChI is InChI=1S/C19H24N4O4/c1-21-9-11-22(12-10-21)17(25)13-20-16(24)7-4-8-23-18(26)14-5-2-3-6-15(14)19(23)27/h2-3,5-6H,4,7-13H2,1H3,(H,20,24). The van der Waals surface area contributed by atoms with E-state index in [1.54, 1.807) is 29.2 Å². The summed E-state index contributed by atoms with van der Waals surface area (Å²) in [5.41, 5.74) is 0.814. The van der Waals surface area contributed by atoms with Crippen molar-refractivity contribution in [3.63, 3.8) is 0 Å². The lowest BCUT2D eigenvalue weighted by molar-refractivity contribution is -0.134. The molecule has 144 valence electrons. The van der Waals surface area contributed by atoms with Crippen molar-refractivity contribution in [3.05, 3.63) is 35.4 Å². The lowest BCUT2D eigenvalue weighted by atomic mass is 10.1. The molecular formula is C19H24N4O4. The molecule has 1 aromatic carbocycles. The quantitative estimate of drug-likeness (QED) is 0.708. The summed E-state index contributed by atoms with van der Waals surface area (Å²) in [4.78, 5) is 53.6. The van der Waals surface area contributed by atoms with Crippen LogP contribution in [0.5, 0.6) is 0 Å². The number of imide groups is 1. The zero-order valence-electron chi connectivity index (χ0n) is 15.4. The Hall–Kier alpha value is -2.74. The van der Waals surface area contributed by atoms with Gasteiger partial charge in [0.1, 0.15) is 0 Å². The van der Waals surface area contributed by atoms with E-state index in [4.69, 9.17) is 0 Å². The molecular weight excluding hydrogens is 348 g/mol. The monoisotopic (exact) mass is 372 g/mol. The van der Waals surface area contributed by atoms with E-state index >= 15 is 0 Å². The molecule has 0 radical (unpaired) electrons. The topological polar surface area (TPSA) is 90.0 Å². The van der Waals surface area contributed by atoms with E-state index in [-0.39, 0.29) is 43.1 Å². The van der Waals surface area contributed by atoms with E-state index in [2.05, 4.69) is 10.2 Å². The van der Waals surface area contributed by atoms with Crippen LogP contribution < -0.4 is 5.32 Å². The van der Waals surface area contributed by atoms with E-state index in [0.717, 1.165) is 13.1 Å². The lowest BCUT2D eigenvalue weighted by Gasteiger charge is -2.32. The van der Waals surface area contributed by atoms with Crippen LogP contribution in [-0.2, 0) is 9.59 Å². The second-order valence-electron chi connectivity index (χ2n) is 6.87. The Morgan fingerprint density at radius 3 is 2.19 bits per heavy atom. The summed E-state index contributed by atoms with van der Waals surface area (Å²) in [5.74, 6) is -0.978. The van der Waals surface area contributed by atoms with Gasteiger partial charge >= 0.3 is 0 Å². The summed E-state index contributed by atoms with van der Waals surface area (Å²) in [6.45, 7) is 3.18. The van der Waals surface area contributed by atoms with Crippen LogP contribution >= 0.6 is 0 Å². The largest absolute Gasteiger partial charge is 0.347 e. The van der Waals surface area contributed by atoms with Crippen molar-refractivity contribution in [2.45, 2.75) is 12.8 Å². The Labute approximate surface area is 158 Å². The highest BCUT2D eigenvalue weighted by atomic mass is 16.2. The number of piperazine rings is 1. The maximum absolute atomic E-state index is 12.2. The highest BCUT2D eigenvalue weighted by Gasteiger charge is 2.34. The highest BCUT2D eigenvalue weighted by molar-refractivity contribution is 6.21. The third kappa shape index (κ3) is 4.33. The number of carbonyl (C=O) groups is 4. The second-order valence-corrected chi connectivity index (χ2v) is 6.87. The van der Waals surface area contributed by atoms with Crippen molar-refractivity contribution in [1.82, 2.24) is 20.0 Å². The molecule has 0 aromatic heterocycles. The molecule has 1 aromatic rings. The molecule has 0 bridgehead atoms. The fourth-order valence-electron chi connectivity index (χ4n) is 3.27. The van der Waals surface area contributed by atoms with E-state index in [1.807, 2.05) is 7.05 Å². The maximum Gasteiger partial charge on any atom is 0.261 e. The molecule has 8 nitrogen and oxygen atoms in total. The van der Waals surface area contributed by atoms with Crippen LogP contribution in [0.2, 0.25) is 0 Å². The van der Waals surface area contributed by atoms with Crippen molar-refractivity contribution >= 4 is 23.6 Å². The maximum atomic E-state index is 12.2. The minimum Gasteiger partial charge on any atom is -0.347 e. The molecule has 3 rings (SSSR count). The Kier molecular flexibility index (Phi) is 5.85. The molecule has 0 aliphatic carbocycles. The molecule has 0 spiro atoms. The molecule has 1 fully saturated rings. The van der Waals surface area contributed by atoms with Gasteiger partial charge in [0, 0.05) is 39.1 Å². The first-order valence-electron chi connectivity index (χ1n) is 9.15. The molecule has 1 saturated heterocycles. The average molecular weight is 372 g/mol. The highest BCUT2D eigenvalue weighted by Crippen LogP contribution is 2.22. The molecule has 2 heterocycles. The van der Waals surface area contributed by atoms with Gasteiger partial charge in [-0.25, -0.2) is 0 Å². The van der Waals surface area contributed by atoms with Gasteiger partial charge in [0.15, 0.2) is 0 Å². The minimum absolute atomic E-state index is 0.0183. The van der Waals surface area contributed by atoms with Gasteiger partial charge in [-0.05, 0) is 25.6 Å². The van der Waals surface area contributed by atoms with Gasteiger partial charge in [0.25, 0.3) is 11.8 Å². The first kappa shape index (κ1) is 19.0. The van der Waals surface area contributed by atoms with Gasteiger partial charge < -0.3 is 15.1 Å². The fourth-order valence-corrected chi connectivity index (χ4v) is 3.27. The second kappa shape index (κ2) is 8.30. The summed E-state index contributed by atoms with van der Waals surface area (Å²) >= 11 is 0.